The van der Waals surface area contributed by atoms with Gasteiger partial charge < -0.3 is 5.32 Å². The standard InChI is InChI=1S/C16H15NO3S/c1-12-8-10-15(11-9-12)21(19,20)13(2)17-16(18)14-6-4-3-5-7-14/h3-11H,2H2,1H3,(H,17,18). The van der Waals surface area contributed by atoms with Crippen LogP contribution in [0.2, 0.25) is 0 Å². The fourth-order valence-electron chi connectivity index (χ4n) is 1.72. The van der Waals surface area contributed by atoms with Crippen molar-refractivity contribution in [2.24, 2.45) is 0 Å². The molecule has 108 valence electrons. The molecule has 5 heteroatoms. The van der Waals surface area contributed by atoms with E-state index in [0.29, 0.717) is 5.56 Å². The summed E-state index contributed by atoms with van der Waals surface area (Å²) in [5, 5.41) is 2.00. The van der Waals surface area contributed by atoms with Crippen LogP contribution in [0.15, 0.2) is 71.1 Å². The average molecular weight is 301 g/mol. The predicted octanol–water partition coefficient (Wildman–Crippen LogP) is 2.67. The number of hydrogen-bond acceptors (Lipinski definition) is 3. The first-order valence-corrected chi connectivity index (χ1v) is 7.76. The highest BCUT2D eigenvalue weighted by molar-refractivity contribution is 7.95. The van der Waals surface area contributed by atoms with Crippen LogP contribution in [0.4, 0.5) is 0 Å². The summed E-state index contributed by atoms with van der Waals surface area (Å²) in [6.45, 7) is 5.33. The lowest BCUT2D eigenvalue weighted by molar-refractivity contribution is 0.0968. The lowest BCUT2D eigenvalue weighted by Crippen LogP contribution is -2.26. The van der Waals surface area contributed by atoms with E-state index in [2.05, 4.69) is 11.9 Å². The maximum atomic E-state index is 12.3. The summed E-state index contributed by atoms with van der Waals surface area (Å²) in [6.07, 6.45) is 0. The molecule has 2 aromatic carbocycles. The minimum Gasteiger partial charge on any atom is -0.313 e. The average Bonchev–Trinajstić information content (AvgIpc) is 2.48. The third-order valence-electron chi connectivity index (χ3n) is 2.94. The fraction of sp³-hybridized carbons (Fsp3) is 0.0625. The third kappa shape index (κ3) is 3.38. The third-order valence-corrected chi connectivity index (χ3v) is 4.59. The maximum Gasteiger partial charge on any atom is 0.256 e. The summed E-state index contributed by atoms with van der Waals surface area (Å²) in [7, 11) is -3.79. The number of amides is 1. The summed E-state index contributed by atoms with van der Waals surface area (Å²) in [6, 6.07) is 14.7. The van der Waals surface area contributed by atoms with Gasteiger partial charge in [0, 0.05) is 5.56 Å². The molecule has 0 saturated heterocycles. The second-order valence-corrected chi connectivity index (χ2v) is 6.53. The van der Waals surface area contributed by atoms with Crippen LogP contribution in [-0.2, 0) is 9.84 Å². The minimum absolute atomic E-state index is 0.103. The van der Waals surface area contributed by atoms with Crippen LogP contribution in [0.25, 0.3) is 0 Å². The van der Waals surface area contributed by atoms with E-state index in [0.717, 1.165) is 5.56 Å². The SMILES string of the molecule is C=C(NC(=O)c1ccccc1)S(=O)(=O)c1ccc(C)cc1. The van der Waals surface area contributed by atoms with E-state index in [1.807, 2.05) is 6.92 Å². The highest BCUT2D eigenvalue weighted by Crippen LogP contribution is 2.17. The largest absolute Gasteiger partial charge is 0.313 e. The lowest BCUT2D eigenvalue weighted by Gasteiger charge is -2.10. The number of hydrogen-bond donors (Lipinski definition) is 1. The molecule has 1 N–H and O–H groups in total. The second-order valence-electron chi connectivity index (χ2n) is 4.56. The van der Waals surface area contributed by atoms with Crippen molar-refractivity contribution in [1.82, 2.24) is 5.32 Å². The van der Waals surface area contributed by atoms with Crippen LogP contribution in [-0.4, -0.2) is 14.3 Å². The highest BCUT2D eigenvalue weighted by atomic mass is 32.2. The number of nitrogens with one attached hydrogen (secondary N) is 1. The van der Waals surface area contributed by atoms with Gasteiger partial charge in [-0.2, -0.15) is 0 Å². The molecule has 2 aromatic rings. The fourth-order valence-corrected chi connectivity index (χ4v) is 2.72. The molecule has 0 bridgehead atoms. The number of sulfone groups is 1. The van der Waals surface area contributed by atoms with Gasteiger partial charge in [-0.3, -0.25) is 4.79 Å². The van der Waals surface area contributed by atoms with Gasteiger partial charge in [0.1, 0.15) is 5.03 Å². The van der Waals surface area contributed by atoms with Crippen molar-refractivity contribution >= 4 is 15.7 Å². The van der Waals surface area contributed by atoms with E-state index in [1.54, 1.807) is 42.5 Å². The van der Waals surface area contributed by atoms with Gasteiger partial charge in [0.2, 0.25) is 9.84 Å². The summed E-state index contributed by atoms with van der Waals surface area (Å²) in [4.78, 5) is 12.1. The molecule has 0 spiro atoms. The Hall–Kier alpha value is -2.40. The van der Waals surface area contributed by atoms with E-state index in [1.165, 1.54) is 12.1 Å². The molecule has 0 aliphatic carbocycles. The van der Waals surface area contributed by atoms with Gasteiger partial charge in [0.05, 0.1) is 4.90 Å². The molecular weight excluding hydrogens is 286 g/mol. The summed E-state index contributed by atoms with van der Waals surface area (Å²) >= 11 is 0. The monoisotopic (exact) mass is 301 g/mol. The zero-order valence-electron chi connectivity index (χ0n) is 11.5. The van der Waals surface area contributed by atoms with Gasteiger partial charge in [-0.1, -0.05) is 42.5 Å². The minimum atomic E-state index is -3.79. The Morgan fingerprint density at radius 1 is 1.00 bits per heavy atom. The molecule has 1 amide bonds. The molecule has 2 rings (SSSR count). The second kappa shape index (κ2) is 5.93. The summed E-state index contributed by atoms with van der Waals surface area (Å²) in [5.74, 6) is -0.503. The van der Waals surface area contributed by atoms with Crippen LogP contribution in [0.1, 0.15) is 15.9 Å². The van der Waals surface area contributed by atoms with E-state index in [-0.39, 0.29) is 9.92 Å². The zero-order chi connectivity index (χ0) is 15.5. The van der Waals surface area contributed by atoms with Gasteiger partial charge in [0.25, 0.3) is 5.91 Å². The number of carbonyl (C=O) groups is 1. The summed E-state index contributed by atoms with van der Waals surface area (Å²) in [5.41, 5.74) is 1.32. The number of rotatable bonds is 4. The van der Waals surface area contributed by atoms with Gasteiger partial charge in [-0.15, -0.1) is 0 Å². The molecule has 0 aliphatic heterocycles. The lowest BCUT2D eigenvalue weighted by atomic mass is 10.2. The predicted molar refractivity (Wildman–Crippen MR) is 81.4 cm³/mol. The van der Waals surface area contributed by atoms with Gasteiger partial charge in [-0.05, 0) is 31.2 Å². The van der Waals surface area contributed by atoms with Gasteiger partial charge in [-0.25, -0.2) is 8.42 Å². The Morgan fingerprint density at radius 3 is 2.14 bits per heavy atom. The van der Waals surface area contributed by atoms with Crippen LogP contribution in [0.3, 0.4) is 0 Å². The van der Waals surface area contributed by atoms with Crippen LogP contribution in [0.5, 0.6) is 0 Å². The normalized spacial score (nSPS) is 10.9. The van der Waals surface area contributed by atoms with E-state index >= 15 is 0 Å². The van der Waals surface area contributed by atoms with Crippen LogP contribution < -0.4 is 5.32 Å². The molecule has 0 aromatic heterocycles. The van der Waals surface area contributed by atoms with E-state index in [4.69, 9.17) is 0 Å². The molecule has 0 saturated carbocycles. The molecule has 0 heterocycles. The summed E-state index contributed by atoms with van der Waals surface area (Å²) < 4.78 is 24.6. The van der Waals surface area contributed by atoms with Gasteiger partial charge >= 0.3 is 0 Å². The van der Waals surface area contributed by atoms with Crippen molar-refractivity contribution in [3.8, 4) is 0 Å². The van der Waals surface area contributed by atoms with Crippen LogP contribution in [0, 0.1) is 6.92 Å². The van der Waals surface area contributed by atoms with Crippen LogP contribution >= 0.6 is 0 Å². The van der Waals surface area contributed by atoms with Crippen molar-refractivity contribution in [2.45, 2.75) is 11.8 Å². The number of aryl methyl sites for hydroxylation is 1. The number of benzene rings is 2. The Balaban J connectivity index is 2.20. The molecule has 0 unspecified atom stereocenters. The molecule has 21 heavy (non-hydrogen) atoms. The Labute approximate surface area is 124 Å². The first kappa shape index (κ1) is 15.0. The molecule has 0 fully saturated rings. The van der Waals surface area contributed by atoms with Crippen molar-refractivity contribution in [1.29, 1.82) is 0 Å². The Kier molecular flexibility index (Phi) is 4.23. The zero-order valence-corrected chi connectivity index (χ0v) is 12.4. The van der Waals surface area contributed by atoms with Crippen molar-refractivity contribution < 1.29 is 13.2 Å². The topological polar surface area (TPSA) is 63.2 Å². The maximum absolute atomic E-state index is 12.3. The van der Waals surface area contributed by atoms with E-state index in [9.17, 15) is 13.2 Å². The molecule has 0 radical (unpaired) electrons. The van der Waals surface area contributed by atoms with Crippen molar-refractivity contribution in [3.05, 3.63) is 77.3 Å². The molecule has 0 atom stereocenters. The van der Waals surface area contributed by atoms with E-state index < -0.39 is 15.7 Å². The number of carbonyl (C=O) groups excluding carboxylic acids is 1. The highest BCUT2D eigenvalue weighted by Gasteiger charge is 2.21. The van der Waals surface area contributed by atoms with Gasteiger partial charge in [0.15, 0.2) is 0 Å². The smallest absolute Gasteiger partial charge is 0.256 e. The first-order valence-electron chi connectivity index (χ1n) is 6.28. The molecule has 4 nitrogen and oxygen atoms in total. The first-order chi connectivity index (χ1) is 9.91. The quantitative estimate of drug-likeness (QED) is 0.944. The Bertz CT molecular complexity index is 763. The molecular formula is C16H15NO3S. The Morgan fingerprint density at radius 2 is 1.57 bits per heavy atom. The van der Waals surface area contributed by atoms with Crippen molar-refractivity contribution in [2.75, 3.05) is 0 Å². The molecule has 0 aliphatic rings. The van der Waals surface area contributed by atoms with Crippen molar-refractivity contribution in [3.63, 3.8) is 0 Å².